The molecule has 0 aliphatic rings. The summed E-state index contributed by atoms with van der Waals surface area (Å²) in [5.41, 5.74) is 2.22. The molecule has 0 bridgehead atoms. The largest absolute Gasteiger partial charge is 0.377 e. The van der Waals surface area contributed by atoms with Gasteiger partial charge in [-0.3, -0.25) is 0 Å². The van der Waals surface area contributed by atoms with E-state index in [4.69, 9.17) is 11.6 Å². The first-order valence-electron chi connectivity index (χ1n) is 5.64. The van der Waals surface area contributed by atoms with Crippen molar-refractivity contribution in [2.45, 2.75) is 13.0 Å². The van der Waals surface area contributed by atoms with Gasteiger partial charge in [0.2, 0.25) is 0 Å². The van der Waals surface area contributed by atoms with Crippen LogP contribution in [0.5, 0.6) is 0 Å². The Labute approximate surface area is 143 Å². The van der Waals surface area contributed by atoms with Gasteiger partial charge in [-0.05, 0) is 68.6 Å². The van der Waals surface area contributed by atoms with Crippen LogP contribution in [0.4, 0.5) is 5.69 Å². The Bertz CT molecular complexity index is 561. The van der Waals surface area contributed by atoms with Crippen molar-refractivity contribution < 1.29 is 0 Å². The standard InChI is InChI=1S/C14H11Br3ClN/c1-8(9-2-4-11(18)5-3-9)19-14-12(16)6-10(15)7-13(14)17/h2-8,19H,1H3. The number of benzene rings is 2. The molecular weight excluding hydrogens is 457 g/mol. The lowest BCUT2D eigenvalue weighted by molar-refractivity contribution is 0.882. The molecule has 100 valence electrons. The number of nitrogens with one attached hydrogen (secondary N) is 1. The van der Waals surface area contributed by atoms with Crippen molar-refractivity contribution in [1.29, 1.82) is 0 Å². The van der Waals surface area contributed by atoms with Gasteiger partial charge in [-0.25, -0.2) is 0 Å². The van der Waals surface area contributed by atoms with E-state index in [0.29, 0.717) is 0 Å². The highest BCUT2D eigenvalue weighted by Crippen LogP contribution is 2.36. The zero-order valence-electron chi connectivity index (χ0n) is 10.1. The molecule has 0 saturated carbocycles. The maximum Gasteiger partial charge on any atom is 0.0634 e. The second-order valence-corrected chi connectivity index (χ2v) is 7.22. The minimum atomic E-state index is 0.186. The van der Waals surface area contributed by atoms with Crippen molar-refractivity contribution in [3.8, 4) is 0 Å². The van der Waals surface area contributed by atoms with Crippen molar-refractivity contribution in [2.75, 3.05) is 5.32 Å². The fourth-order valence-corrected chi connectivity index (χ4v) is 4.34. The Kier molecular flexibility index (Phi) is 5.35. The van der Waals surface area contributed by atoms with Crippen LogP contribution in [0.3, 0.4) is 0 Å². The Morgan fingerprint density at radius 2 is 1.53 bits per heavy atom. The first kappa shape index (κ1) is 15.4. The van der Waals surface area contributed by atoms with Crippen LogP contribution >= 0.6 is 59.4 Å². The van der Waals surface area contributed by atoms with Gasteiger partial charge in [0.05, 0.1) is 5.69 Å². The molecule has 0 fully saturated rings. The lowest BCUT2D eigenvalue weighted by atomic mass is 10.1. The minimum absolute atomic E-state index is 0.186. The average molecular weight is 468 g/mol. The molecule has 0 aromatic heterocycles. The Morgan fingerprint density at radius 3 is 2.05 bits per heavy atom. The van der Waals surface area contributed by atoms with Crippen LogP contribution in [-0.2, 0) is 0 Å². The van der Waals surface area contributed by atoms with Crippen LogP contribution in [0.15, 0.2) is 49.8 Å². The van der Waals surface area contributed by atoms with E-state index in [1.54, 1.807) is 0 Å². The third kappa shape index (κ3) is 3.97. The highest BCUT2D eigenvalue weighted by atomic mass is 79.9. The van der Waals surface area contributed by atoms with E-state index >= 15 is 0 Å². The lowest BCUT2D eigenvalue weighted by Crippen LogP contribution is -2.07. The quantitative estimate of drug-likeness (QED) is 0.523. The van der Waals surface area contributed by atoms with Gasteiger partial charge >= 0.3 is 0 Å². The SMILES string of the molecule is CC(Nc1c(Br)cc(Br)cc1Br)c1ccc(Cl)cc1. The zero-order valence-corrected chi connectivity index (χ0v) is 15.6. The monoisotopic (exact) mass is 465 g/mol. The van der Waals surface area contributed by atoms with Crippen molar-refractivity contribution in [1.82, 2.24) is 0 Å². The number of anilines is 1. The minimum Gasteiger partial charge on any atom is -0.377 e. The molecule has 0 spiro atoms. The molecule has 0 saturated heterocycles. The Hall–Kier alpha value is -0.0300. The zero-order chi connectivity index (χ0) is 14.0. The van der Waals surface area contributed by atoms with E-state index < -0.39 is 0 Å². The molecule has 0 radical (unpaired) electrons. The van der Waals surface area contributed by atoms with Crippen LogP contribution in [-0.4, -0.2) is 0 Å². The van der Waals surface area contributed by atoms with E-state index in [1.165, 1.54) is 5.56 Å². The van der Waals surface area contributed by atoms with E-state index in [0.717, 1.165) is 24.1 Å². The summed E-state index contributed by atoms with van der Waals surface area (Å²) in [6.07, 6.45) is 0. The normalized spacial score (nSPS) is 12.3. The fourth-order valence-electron chi connectivity index (χ4n) is 1.73. The first-order chi connectivity index (χ1) is 8.97. The summed E-state index contributed by atoms with van der Waals surface area (Å²) in [4.78, 5) is 0. The van der Waals surface area contributed by atoms with Gasteiger partial charge in [0.1, 0.15) is 0 Å². The van der Waals surface area contributed by atoms with E-state index in [-0.39, 0.29) is 6.04 Å². The average Bonchev–Trinajstić information content (AvgIpc) is 2.34. The van der Waals surface area contributed by atoms with Crippen LogP contribution in [0, 0.1) is 0 Å². The van der Waals surface area contributed by atoms with Gasteiger partial charge < -0.3 is 5.32 Å². The first-order valence-corrected chi connectivity index (χ1v) is 8.39. The van der Waals surface area contributed by atoms with Crippen molar-refractivity contribution in [3.05, 3.63) is 60.4 Å². The molecule has 2 aromatic rings. The third-order valence-electron chi connectivity index (χ3n) is 2.74. The predicted molar refractivity (Wildman–Crippen MR) is 93.0 cm³/mol. The molecule has 0 aliphatic carbocycles. The van der Waals surface area contributed by atoms with Crippen LogP contribution in [0.2, 0.25) is 5.02 Å². The number of hydrogen-bond donors (Lipinski definition) is 1. The van der Waals surface area contributed by atoms with Crippen LogP contribution in [0.1, 0.15) is 18.5 Å². The van der Waals surface area contributed by atoms with E-state index in [2.05, 4.69) is 60.0 Å². The van der Waals surface area contributed by atoms with Gasteiger partial charge in [-0.15, -0.1) is 0 Å². The highest BCUT2D eigenvalue weighted by molar-refractivity contribution is 9.11. The van der Waals surface area contributed by atoms with Crippen LogP contribution < -0.4 is 5.32 Å². The Morgan fingerprint density at radius 1 is 1.00 bits per heavy atom. The number of hydrogen-bond acceptors (Lipinski definition) is 1. The Balaban J connectivity index is 2.24. The van der Waals surface area contributed by atoms with Crippen LogP contribution in [0.25, 0.3) is 0 Å². The second-order valence-electron chi connectivity index (χ2n) is 4.16. The summed E-state index contributed by atoms with van der Waals surface area (Å²) in [5, 5.41) is 4.24. The summed E-state index contributed by atoms with van der Waals surface area (Å²) >= 11 is 16.5. The molecule has 2 rings (SSSR count). The highest BCUT2D eigenvalue weighted by Gasteiger charge is 2.11. The molecule has 1 atom stereocenters. The molecule has 1 unspecified atom stereocenters. The summed E-state index contributed by atoms with van der Waals surface area (Å²) in [6.45, 7) is 2.12. The molecule has 2 aromatic carbocycles. The second kappa shape index (κ2) is 6.61. The van der Waals surface area contributed by atoms with Gasteiger partial charge in [0, 0.05) is 24.5 Å². The molecule has 0 amide bonds. The summed E-state index contributed by atoms with van der Waals surface area (Å²) in [6, 6.07) is 12.1. The summed E-state index contributed by atoms with van der Waals surface area (Å²) < 4.78 is 3.04. The molecule has 1 N–H and O–H groups in total. The van der Waals surface area contributed by atoms with Crippen molar-refractivity contribution >= 4 is 65.1 Å². The van der Waals surface area contributed by atoms with E-state index in [9.17, 15) is 0 Å². The topological polar surface area (TPSA) is 12.0 Å². The third-order valence-corrected chi connectivity index (χ3v) is 4.70. The molecule has 1 nitrogen and oxygen atoms in total. The van der Waals surface area contributed by atoms with Gasteiger partial charge in [0.15, 0.2) is 0 Å². The molecular formula is C14H11Br3ClN. The maximum absolute atomic E-state index is 5.90. The molecule has 19 heavy (non-hydrogen) atoms. The summed E-state index contributed by atoms with van der Waals surface area (Å²) in [7, 11) is 0. The van der Waals surface area contributed by atoms with Crippen molar-refractivity contribution in [3.63, 3.8) is 0 Å². The fraction of sp³-hybridized carbons (Fsp3) is 0.143. The molecule has 0 aliphatic heterocycles. The molecule has 0 heterocycles. The van der Waals surface area contributed by atoms with Gasteiger partial charge in [-0.2, -0.15) is 0 Å². The predicted octanol–water partition coefficient (Wildman–Crippen LogP) is 6.80. The maximum atomic E-state index is 5.90. The smallest absolute Gasteiger partial charge is 0.0634 e. The van der Waals surface area contributed by atoms with E-state index in [1.807, 2.05) is 36.4 Å². The lowest BCUT2D eigenvalue weighted by Gasteiger charge is -2.18. The number of rotatable bonds is 3. The van der Waals surface area contributed by atoms with Crippen molar-refractivity contribution in [2.24, 2.45) is 0 Å². The van der Waals surface area contributed by atoms with Gasteiger partial charge in [0.25, 0.3) is 0 Å². The summed E-state index contributed by atoms with van der Waals surface area (Å²) in [5.74, 6) is 0. The van der Waals surface area contributed by atoms with Gasteiger partial charge in [-0.1, -0.05) is 39.7 Å². The number of halogens is 4. The molecule has 5 heteroatoms.